The predicted molar refractivity (Wildman–Crippen MR) is 128 cm³/mol. The highest BCUT2D eigenvalue weighted by Crippen LogP contribution is 2.28. The minimum absolute atomic E-state index is 0.151. The van der Waals surface area contributed by atoms with Crippen LogP contribution in [0.4, 0.5) is 5.69 Å². The van der Waals surface area contributed by atoms with Crippen LogP contribution in [0.5, 0.6) is 0 Å². The van der Waals surface area contributed by atoms with Crippen molar-refractivity contribution in [3.05, 3.63) is 76.2 Å². The molecule has 0 bridgehead atoms. The summed E-state index contributed by atoms with van der Waals surface area (Å²) < 4.78 is 30.3. The number of aryl methyl sites for hydroxylation is 2. The van der Waals surface area contributed by atoms with Gasteiger partial charge in [0.1, 0.15) is 5.82 Å². The molecule has 9 heteroatoms. The number of nitrogens with one attached hydrogen (secondary N) is 1. The Kier molecular flexibility index (Phi) is 6.03. The van der Waals surface area contributed by atoms with Gasteiger partial charge in [-0.15, -0.1) is 0 Å². The largest absolute Gasteiger partial charge is 0.337 e. The number of hydrogen-bond acceptors (Lipinski definition) is 5. The molecule has 0 fully saturated rings. The first-order valence-corrected chi connectivity index (χ1v) is 12.6. The summed E-state index contributed by atoms with van der Waals surface area (Å²) in [5.74, 6) is 0.566. The Balaban J connectivity index is 1.78. The van der Waals surface area contributed by atoms with Gasteiger partial charge in [0, 0.05) is 20.1 Å². The lowest BCUT2D eigenvalue weighted by Gasteiger charge is -2.19. The Labute approximate surface area is 191 Å². The molecule has 0 spiro atoms. The number of anilines is 1. The molecule has 7 nitrogen and oxygen atoms in total. The Morgan fingerprint density at radius 3 is 2.59 bits per heavy atom. The summed E-state index contributed by atoms with van der Waals surface area (Å²) in [4.78, 5) is 19.8. The summed E-state index contributed by atoms with van der Waals surface area (Å²) in [6, 6.07) is 13.4. The van der Waals surface area contributed by atoms with Crippen LogP contribution in [0.1, 0.15) is 28.7 Å². The second-order valence-electron chi connectivity index (χ2n) is 7.51. The number of hydrogen-bond donors (Lipinski definition) is 1. The number of carbonyl (C=O) groups is 1. The molecule has 0 atom stereocenters. The first kappa shape index (κ1) is 22.0. The van der Waals surface area contributed by atoms with E-state index in [1.54, 1.807) is 53.6 Å². The Morgan fingerprint density at radius 1 is 1.19 bits per heavy atom. The van der Waals surface area contributed by atoms with Crippen molar-refractivity contribution < 1.29 is 13.2 Å². The summed E-state index contributed by atoms with van der Waals surface area (Å²) in [6.07, 6.45) is 0. The fourth-order valence-electron chi connectivity index (χ4n) is 3.74. The third-order valence-corrected chi connectivity index (χ3v) is 7.36. The highest BCUT2D eigenvalue weighted by Gasteiger charge is 2.23. The molecule has 2 heterocycles. The van der Waals surface area contributed by atoms with E-state index in [1.807, 2.05) is 35.2 Å². The van der Waals surface area contributed by atoms with E-state index in [4.69, 9.17) is 0 Å². The molecule has 2 aromatic heterocycles. The summed E-state index contributed by atoms with van der Waals surface area (Å²) in [5, 5.41) is 3.98. The van der Waals surface area contributed by atoms with Crippen LogP contribution >= 0.6 is 11.3 Å². The van der Waals surface area contributed by atoms with Crippen LogP contribution in [0.25, 0.3) is 11.0 Å². The average molecular weight is 469 g/mol. The molecule has 0 unspecified atom stereocenters. The first-order chi connectivity index (χ1) is 15.3. The number of rotatable bonds is 7. The van der Waals surface area contributed by atoms with Gasteiger partial charge in [-0.3, -0.25) is 9.52 Å². The molecule has 0 radical (unpaired) electrons. The maximum absolute atomic E-state index is 13.5. The SMILES string of the molecule is CCn1c(C)nc2cc(NS(=O)(=O)c3ccccc3)cc(C(=O)N(C)Cc3ccsc3)c21. The Hall–Kier alpha value is -3.17. The number of benzene rings is 2. The van der Waals surface area contributed by atoms with Crippen LogP contribution in [-0.2, 0) is 23.1 Å². The molecule has 4 rings (SSSR count). The van der Waals surface area contributed by atoms with Gasteiger partial charge in [-0.1, -0.05) is 18.2 Å². The van der Waals surface area contributed by atoms with Crippen molar-refractivity contribution in [2.45, 2.75) is 31.8 Å². The minimum atomic E-state index is -3.80. The first-order valence-electron chi connectivity index (χ1n) is 10.2. The van der Waals surface area contributed by atoms with Crippen LogP contribution in [-0.4, -0.2) is 35.8 Å². The third-order valence-electron chi connectivity index (χ3n) is 5.23. The molecule has 166 valence electrons. The molecule has 4 aromatic rings. The van der Waals surface area contributed by atoms with Gasteiger partial charge in [0.2, 0.25) is 0 Å². The molecule has 0 saturated heterocycles. The molecular weight excluding hydrogens is 444 g/mol. The molecule has 0 aliphatic heterocycles. The van der Waals surface area contributed by atoms with E-state index in [9.17, 15) is 13.2 Å². The lowest BCUT2D eigenvalue weighted by molar-refractivity contribution is 0.0787. The van der Waals surface area contributed by atoms with Crippen molar-refractivity contribution in [1.29, 1.82) is 0 Å². The van der Waals surface area contributed by atoms with E-state index in [1.165, 1.54) is 12.1 Å². The molecule has 1 amide bonds. The normalized spacial score (nSPS) is 11.6. The van der Waals surface area contributed by atoms with Gasteiger partial charge in [-0.05, 0) is 60.5 Å². The van der Waals surface area contributed by atoms with Crippen LogP contribution in [0.2, 0.25) is 0 Å². The van der Waals surface area contributed by atoms with Crippen LogP contribution in [0, 0.1) is 6.92 Å². The van der Waals surface area contributed by atoms with Crippen molar-refractivity contribution in [2.75, 3.05) is 11.8 Å². The minimum Gasteiger partial charge on any atom is -0.337 e. The Bertz CT molecular complexity index is 1360. The van der Waals surface area contributed by atoms with Gasteiger partial charge in [0.05, 0.1) is 27.2 Å². The fraction of sp³-hybridized carbons (Fsp3) is 0.217. The van der Waals surface area contributed by atoms with Crippen molar-refractivity contribution >= 4 is 44.0 Å². The number of aromatic nitrogens is 2. The quantitative estimate of drug-likeness (QED) is 0.433. The second-order valence-corrected chi connectivity index (χ2v) is 9.97. The molecule has 0 aliphatic carbocycles. The van der Waals surface area contributed by atoms with Gasteiger partial charge in [-0.25, -0.2) is 13.4 Å². The van der Waals surface area contributed by atoms with Crippen LogP contribution in [0.3, 0.4) is 0 Å². The van der Waals surface area contributed by atoms with Crippen molar-refractivity contribution in [3.63, 3.8) is 0 Å². The predicted octanol–water partition coefficient (Wildman–Crippen LogP) is 4.50. The van der Waals surface area contributed by atoms with E-state index in [0.29, 0.717) is 35.4 Å². The van der Waals surface area contributed by atoms with Gasteiger partial charge in [0.25, 0.3) is 15.9 Å². The number of thiophene rings is 1. The Morgan fingerprint density at radius 2 is 1.94 bits per heavy atom. The van der Waals surface area contributed by atoms with Crippen LogP contribution in [0.15, 0.2) is 64.2 Å². The lowest BCUT2D eigenvalue weighted by atomic mass is 10.1. The highest BCUT2D eigenvalue weighted by atomic mass is 32.2. The summed E-state index contributed by atoms with van der Waals surface area (Å²) in [6.45, 7) is 4.97. The zero-order valence-electron chi connectivity index (χ0n) is 18.1. The smallest absolute Gasteiger partial charge is 0.261 e. The molecule has 1 N–H and O–H groups in total. The maximum Gasteiger partial charge on any atom is 0.261 e. The van der Waals surface area contributed by atoms with E-state index in [-0.39, 0.29) is 10.8 Å². The molecule has 32 heavy (non-hydrogen) atoms. The number of sulfonamides is 1. The number of fused-ring (bicyclic) bond motifs is 1. The monoisotopic (exact) mass is 468 g/mol. The zero-order valence-corrected chi connectivity index (χ0v) is 19.7. The summed E-state index contributed by atoms with van der Waals surface area (Å²) in [5.41, 5.74) is 3.03. The van der Waals surface area contributed by atoms with E-state index >= 15 is 0 Å². The number of nitrogens with zero attached hydrogens (tertiary/aromatic N) is 3. The van der Waals surface area contributed by atoms with Gasteiger partial charge in [0.15, 0.2) is 0 Å². The standard InChI is InChI=1S/C23H24N4O3S2/c1-4-27-16(2)24-21-13-18(25-32(29,30)19-8-6-5-7-9-19)12-20(22(21)27)23(28)26(3)14-17-10-11-31-15-17/h5-13,15,25H,4,14H2,1-3H3. The van der Waals surface area contributed by atoms with Crippen molar-refractivity contribution in [1.82, 2.24) is 14.5 Å². The van der Waals surface area contributed by atoms with E-state index in [0.717, 1.165) is 11.4 Å². The van der Waals surface area contributed by atoms with Gasteiger partial charge in [-0.2, -0.15) is 11.3 Å². The average Bonchev–Trinajstić information content (AvgIpc) is 3.39. The highest BCUT2D eigenvalue weighted by molar-refractivity contribution is 7.92. The van der Waals surface area contributed by atoms with Gasteiger partial charge < -0.3 is 9.47 Å². The third kappa shape index (κ3) is 4.26. The number of amides is 1. The fourth-order valence-corrected chi connectivity index (χ4v) is 5.46. The van der Waals surface area contributed by atoms with Crippen LogP contribution < -0.4 is 4.72 Å². The van der Waals surface area contributed by atoms with E-state index < -0.39 is 10.0 Å². The zero-order chi connectivity index (χ0) is 22.9. The molecular formula is C23H24N4O3S2. The number of imidazole rings is 1. The molecule has 2 aromatic carbocycles. The van der Waals surface area contributed by atoms with E-state index in [2.05, 4.69) is 9.71 Å². The lowest BCUT2D eigenvalue weighted by Crippen LogP contribution is -2.27. The summed E-state index contributed by atoms with van der Waals surface area (Å²) in [7, 11) is -2.06. The summed E-state index contributed by atoms with van der Waals surface area (Å²) >= 11 is 1.58. The number of carbonyl (C=O) groups excluding carboxylic acids is 1. The second kappa shape index (κ2) is 8.76. The molecule has 0 aliphatic rings. The van der Waals surface area contributed by atoms with Gasteiger partial charge >= 0.3 is 0 Å². The maximum atomic E-state index is 13.5. The topological polar surface area (TPSA) is 84.3 Å². The van der Waals surface area contributed by atoms with Crippen molar-refractivity contribution in [3.8, 4) is 0 Å². The van der Waals surface area contributed by atoms with Crippen molar-refractivity contribution in [2.24, 2.45) is 0 Å². The molecule has 0 saturated carbocycles.